The lowest BCUT2D eigenvalue weighted by Gasteiger charge is -2.42. The first-order valence-corrected chi connectivity index (χ1v) is 14.0. The number of hydrogen-bond donors (Lipinski definition) is 1. The van der Waals surface area contributed by atoms with Gasteiger partial charge in [0.15, 0.2) is 0 Å². The zero-order chi connectivity index (χ0) is 25.8. The molecule has 4 rings (SSSR count). The minimum absolute atomic E-state index is 0.169. The monoisotopic (exact) mass is 483 g/mol. The van der Waals surface area contributed by atoms with Gasteiger partial charge in [0.1, 0.15) is 0 Å². The van der Waals surface area contributed by atoms with Crippen LogP contribution >= 0.6 is 0 Å². The van der Waals surface area contributed by atoms with Crippen molar-refractivity contribution >= 4 is 11.7 Å². The van der Waals surface area contributed by atoms with Crippen LogP contribution in [0.5, 0.6) is 0 Å². The van der Waals surface area contributed by atoms with Crippen molar-refractivity contribution in [1.29, 1.82) is 0 Å². The van der Waals surface area contributed by atoms with Crippen LogP contribution in [-0.4, -0.2) is 24.0 Å². The van der Waals surface area contributed by atoms with Gasteiger partial charge in [0.05, 0.1) is 18.4 Å². The highest BCUT2D eigenvalue weighted by Gasteiger charge is 2.49. The lowest BCUT2D eigenvalue weighted by atomic mass is 9.63. The van der Waals surface area contributed by atoms with E-state index in [1.54, 1.807) is 0 Å². The Balaban J connectivity index is 2.05. The molecule has 2 bridgehead atoms. The maximum atomic E-state index is 13.0. The zero-order valence-electron chi connectivity index (χ0n) is 23.3. The van der Waals surface area contributed by atoms with E-state index in [-0.39, 0.29) is 11.4 Å². The van der Waals surface area contributed by atoms with Gasteiger partial charge in [-0.15, -0.1) is 0 Å². The van der Waals surface area contributed by atoms with Crippen molar-refractivity contribution in [3.05, 3.63) is 34.9 Å². The van der Waals surface area contributed by atoms with Crippen molar-refractivity contribution < 1.29 is 14.7 Å². The lowest BCUT2D eigenvalue weighted by molar-refractivity contribution is 0.0595. The number of hydrogen-bond acceptors (Lipinski definition) is 4. The second-order valence-corrected chi connectivity index (χ2v) is 12.5. The SMILES string of the molecule is COC(=O)c1cc2ccc1C1CCC(C(C)CC(C)C(C)C)C1(C)CCCC(C)CC/C(=N\O)C2. The van der Waals surface area contributed by atoms with Crippen LogP contribution in [0.1, 0.15) is 120 Å². The number of nitrogens with zero attached hydrogens (tertiary/aromatic N) is 1. The van der Waals surface area contributed by atoms with Gasteiger partial charge in [-0.2, -0.15) is 0 Å². The number of fused-ring (bicyclic) bond motifs is 9. The van der Waals surface area contributed by atoms with Crippen molar-refractivity contribution in [1.82, 2.24) is 0 Å². The fraction of sp³-hybridized carbons (Fsp3) is 0.742. The van der Waals surface area contributed by atoms with E-state index in [1.165, 1.54) is 39.2 Å². The Labute approximate surface area is 213 Å². The molecule has 1 saturated carbocycles. The van der Waals surface area contributed by atoms with Gasteiger partial charge < -0.3 is 9.94 Å². The molecule has 0 radical (unpaired) electrons. The third kappa shape index (κ3) is 6.30. The summed E-state index contributed by atoms with van der Waals surface area (Å²) < 4.78 is 5.26. The fourth-order valence-corrected chi connectivity index (χ4v) is 7.19. The van der Waals surface area contributed by atoms with E-state index in [4.69, 9.17) is 4.74 Å². The number of rotatable bonds is 5. The Morgan fingerprint density at radius 1 is 1.17 bits per heavy atom. The minimum atomic E-state index is -0.252. The second kappa shape index (κ2) is 11.9. The fourth-order valence-electron chi connectivity index (χ4n) is 7.19. The van der Waals surface area contributed by atoms with Gasteiger partial charge in [-0.1, -0.05) is 71.7 Å². The van der Waals surface area contributed by atoms with Crippen LogP contribution < -0.4 is 0 Å². The predicted molar refractivity (Wildman–Crippen MR) is 144 cm³/mol. The summed E-state index contributed by atoms with van der Waals surface area (Å²) in [5.41, 5.74) is 3.83. The lowest BCUT2D eigenvalue weighted by Crippen LogP contribution is -2.33. The highest BCUT2D eigenvalue weighted by atomic mass is 16.5. The number of benzene rings is 1. The molecule has 0 spiro atoms. The van der Waals surface area contributed by atoms with Gasteiger partial charge in [0, 0.05) is 6.42 Å². The molecule has 6 unspecified atom stereocenters. The van der Waals surface area contributed by atoms with Crippen molar-refractivity contribution in [2.45, 2.75) is 105 Å². The molecule has 0 amide bonds. The van der Waals surface area contributed by atoms with Crippen molar-refractivity contribution in [2.75, 3.05) is 7.11 Å². The van der Waals surface area contributed by atoms with Crippen LogP contribution in [0.25, 0.3) is 0 Å². The highest BCUT2D eigenvalue weighted by Crippen LogP contribution is 2.59. The molecule has 35 heavy (non-hydrogen) atoms. The molecule has 0 saturated heterocycles. The zero-order valence-corrected chi connectivity index (χ0v) is 23.3. The minimum Gasteiger partial charge on any atom is -0.465 e. The summed E-state index contributed by atoms with van der Waals surface area (Å²) in [6.45, 7) is 14.4. The second-order valence-electron chi connectivity index (χ2n) is 12.5. The average Bonchev–Trinajstić information content (AvgIpc) is 3.17. The van der Waals surface area contributed by atoms with Crippen molar-refractivity contribution in [2.24, 2.45) is 40.2 Å². The summed E-state index contributed by atoms with van der Waals surface area (Å²) in [6.07, 6.45) is 9.62. The van der Waals surface area contributed by atoms with Crippen molar-refractivity contribution in [3.63, 3.8) is 0 Å². The molecule has 1 aromatic carbocycles. The first-order valence-electron chi connectivity index (χ1n) is 14.0. The van der Waals surface area contributed by atoms with Gasteiger partial charge in [-0.25, -0.2) is 4.79 Å². The number of carbonyl (C=O) groups is 1. The number of esters is 1. The molecule has 1 N–H and O–H groups in total. The Kier molecular flexibility index (Phi) is 9.46. The van der Waals surface area contributed by atoms with Crippen LogP contribution in [0.2, 0.25) is 0 Å². The summed E-state index contributed by atoms with van der Waals surface area (Å²) >= 11 is 0. The van der Waals surface area contributed by atoms with E-state index in [2.05, 4.69) is 58.8 Å². The van der Waals surface area contributed by atoms with Crippen LogP contribution in [-0.2, 0) is 11.2 Å². The Morgan fingerprint density at radius 2 is 1.91 bits per heavy atom. The van der Waals surface area contributed by atoms with Crippen molar-refractivity contribution in [3.8, 4) is 0 Å². The van der Waals surface area contributed by atoms with Crippen LogP contribution in [0.4, 0.5) is 0 Å². The molecule has 0 aromatic heterocycles. The first kappa shape index (κ1) is 27.7. The van der Waals surface area contributed by atoms with Crippen LogP contribution in [0.15, 0.2) is 23.4 Å². The summed E-state index contributed by atoms with van der Waals surface area (Å²) in [4.78, 5) is 13.0. The number of oxime groups is 1. The molecule has 1 fully saturated rings. The van der Waals surface area contributed by atoms with E-state index in [1.807, 2.05) is 6.07 Å². The first-order chi connectivity index (χ1) is 16.6. The molecular weight excluding hydrogens is 434 g/mol. The number of ether oxygens (including phenoxy) is 1. The van der Waals surface area contributed by atoms with Gasteiger partial charge in [-0.05, 0) is 96.6 Å². The summed E-state index contributed by atoms with van der Waals surface area (Å²) in [7, 11) is 1.48. The van der Waals surface area contributed by atoms with E-state index >= 15 is 0 Å². The molecule has 0 aliphatic heterocycles. The molecule has 4 nitrogen and oxygen atoms in total. The van der Waals surface area contributed by atoms with Crippen LogP contribution in [0.3, 0.4) is 0 Å². The smallest absolute Gasteiger partial charge is 0.338 e. The quantitative estimate of drug-likeness (QED) is 0.260. The molecule has 1 aromatic rings. The molecule has 196 valence electrons. The largest absolute Gasteiger partial charge is 0.465 e. The van der Waals surface area contributed by atoms with E-state index in [0.29, 0.717) is 41.6 Å². The van der Waals surface area contributed by atoms with E-state index < -0.39 is 0 Å². The van der Waals surface area contributed by atoms with E-state index in [9.17, 15) is 10.0 Å². The molecule has 3 aliphatic rings. The third-order valence-corrected chi connectivity index (χ3v) is 9.76. The highest BCUT2D eigenvalue weighted by molar-refractivity contribution is 5.92. The molecule has 4 heteroatoms. The summed E-state index contributed by atoms with van der Waals surface area (Å²) in [5, 5.41) is 13.2. The topological polar surface area (TPSA) is 58.9 Å². The summed E-state index contributed by atoms with van der Waals surface area (Å²) in [5.74, 6) is 3.48. The van der Waals surface area contributed by atoms with Gasteiger partial charge in [0.25, 0.3) is 0 Å². The van der Waals surface area contributed by atoms with Gasteiger partial charge >= 0.3 is 5.97 Å². The Hall–Kier alpha value is -1.84. The molecule has 6 atom stereocenters. The van der Waals surface area contributed by atoms with E-state index in [0.717, 1.165) is 42.0 Å². The molecule has 3 aliphatic carbocycles. The number of carbonyl (C=O) groups excluding carboxylic acids is 1. The van der Waals surface area contributed by atoms with Gasteiger partial charge in [0.2, 0.25) is 0 Å². The maximum absolute atomic E-state index is 13.0. The Bertz CT molecular complexity index is 891. The summed E-state index contributed by atoms with van der Waals surface area (Å²) in [6, 6.07) is 6.32. The third-order valence-electron chi connectivity index (χ3n) is 9.76. The predicted octanol–water partition coefficient (Wildman–Crippen LogP) is 8.26. The average molecular weight is 484 g/mol. The molecule has 0 heterocycles. The normalized spacial score (nSPS) is 30.6. The molecular formula is C31H49NO3. The number of methoxy groups -OCH3 is 1. The standard InChI is InChI=1S/C31H49NO3/c1-20(2)22(4)17-23(5)28-14-15-29-26-13-11-24(19-27(26)30(33)35-7)18-25(32-34)12-10-21(3)9-8-16-31(28,29)6/h11,13,19-23,28-29,34H,8-10,12,14-18H2,1-7H3/b32-25+. The Morgan fingerprint density at radius 3 is 2.57 bits per heavy atom. The van der Waals surface area contributed by atoms with Crippen LogP contribution in [0, 0.1) is 35.0 Å². The van der Waals surface area contributed by atoms with Gasteiger partial charge in [-0.3, -0.25) is 0 Å². The maximum Gasteiger partial charge on any atom is 0.338 e.